The molecule has 0 N–H and O–H groups in total. The van der Waals surface area contributed by atoms with Gasteiger partial charge in [-0.1, -0.05) is 6.92 Å². The van der Waals surface area contributed by atoms with E-state index in [0.29, 0.717) is 0 Å². The molecule has 0 aliphatic rings. The van der Waals surface area contributed by atoms with Crippen LogP contribution in [-0.2, 0) is 0 Å². The summed E-state index contributed by atoms with van der Waals surface area (Å²) in [5, 5.41) is 7.31. The molecule has 0 aromatic heterocycles. The number of rotatable bonds is 1. The van der Waals surface area contributed by atoms with Crippen molar-refractivity contribution in [2.24, 2.45) is 15.2 Å². The summed E-state index contributed by atoms with van der Waals surface area (Å²) in [4.78, 5) is 3.85. The molecular formula is C5H11N3. The van der Waals surface area contributed by atoms with Crippen LogP contribution in [0, 0.1) is 0 Å². The van der Waals surface area contributed by atoms with Gasteiger partial charge in [-0.25, -0.2) is 0 Å². The highest BCUT2D eigenvalue weighted by atomic mass is 15.1. The third-order valence-corrected chi connectivity index (χ3v) is 0.790. The Kier molecular flexibility index (Phi) is 4.03. The van der Waals surface area contributed by atoms with Crippen LogP contribution >= 0.6 is 0 Å². The highest BCUT2D eigenvalue weighted by molar-refractivity contribution is 5.81. The number of nitrogens with zero attached hydrogens (tertiary/aromatic N) is 3. The van der Waals surface area contributed by atoms with E-state index in [1.54, 1.807) is 14.1 Å². The summed E-state index contributed by atoms with van der Waals surface area (Å²) in [7, 11) is 3.36. The van der Waals surface area contributed by atoms with Gasteiger partial charge in [-0.3, -0.25) is 4.99 Å². The van der Waals surface area contributed by atoms with E-state index in [1.165, 1.54) is 0 Å². The average molecular weight is 113 g/mol. The molecule has 0 radical (unpaired) electrons. The fourth-order valence-electron chi connectivity index (χ4n) is 0.389. The van der Waals surface area contributed by atoms with Crippen LogP contribution in [0.1, 0.15) is 13.3 Å². The molecule has 0 saturated heterocycles. The first kappa shape index (κ1) is 7.27. The van der Waals surface area contributed by atoms with Crippen LogP contribution in [0.25, 0.3) is 0 Å². The Hall–Kier alpha value is -0.730. The van der Waals surface area contributed by atoms with Crippen LogP contribution in [0.15, 0.2) is 15.2 Å². The standard InChI is InChI=1S/C5H11N3/c1-4-5(6-2)8-7-3/h4H2,1-3H3. The van der Waals surface area contributed by atoms with Gasteiger partial charge in [0.25, 0.3) is 0 Å². The maximum Gasteiger partial charge on any atom is 0.145 e. The minimum absolute atomic E-state index is 0.799. The molecule has 0 aromatic rings. The molecular weight excluding hydrogens is 102 g/mol. The Morgan fingerprint density at radius 2 is 2.00 bits per heavy atom. The lowest BCUT2D eigenvalue weighted by Crippen LogP contribution is -1.87. The molecule has 0 aliphatic heterocycles. The number of hydrogen-bond acceptors (Lipinski definition) is 2. The van der Waals surface area contributed by atoms with Crippen LogP contribution in [0.3, 0.4) is 0 Å². The van der Waals surface area contributed by atoms with E-state index in [4.69, 9.17) is 0 Å². The highest BCUT2D eigenvalue weighted by Crippen LogP contribution is 1.85. The van der Waals surface area contributed by atoms with E-state index in [9.17, 15) is 0 Å². The van der Waals surface area contributed by atoms with Crippen molar-refractivity contribution in [1.82, 2.24) is 0 Å². The van der Waals surface area contributed by atoms with Crippen molar-refractivity contribution < 1.29 is 0 Å². The molecule has 0 unspecified atom stereocenters. The van der Waals surface area contributed by atoms with Crippen molar-refractivity contribution in [3.63, 3.8) is 0 Å². The van der Waals surface area contributed by atoms with E-state index in [-0.39, 0.29) is 0 Å². The molecule has 0 saturated carbocycles. The smallest absolute Gasteiger partial charge is 0.145 e. The van der Waals surface area contributed by atoms with Gasteiger partial charge in [-0.15, -0.1) is 5.11 Å². The second-order valence-corrected chi connectivity index (χ2v) is 1.29. The number of hydrogen-bond donors (Lipinski definition) is 0. The fourth-order valence-corrected chi connectivity index (χ4v) is 0.389. The molecule has 0 amide bonds. The summed E-state index contributed by atoms with van der Waals surface area (Å²) in [6.07, 6.45) is 0.855. The predicted octanol–water partition coefficient (Wildman–Crippen LogP) is 1.51. The quantitative estimate of drug-likeness (QED) is 0.281. The van der Waals surface area contributed by atoms with Crippen molar-refractivity contribution in [3.05, 3.63) is 0 Å². The Morgan fingerprint density at radius 3 is 2.12 bits per heavy atom. The number of amidine groups is 1. The summed E-state index contributed by atoms with van der Waals surface area (Å²) in [6.45, 7) is 2.00. The first-order valence-corrected chi connectivity index (χ1v) is 2.60. The van der Waals surface area contributed by atoms with Gasteiger partial charge in [0.1, 0.15) is 5.84 Å². The molecule has 3 heteroatoms. The highest BCUT2D eigenvalue weighted by Gasteiger charge is 1.84. The second kappa shape index (κ2) is 4.43. The largest absolute Gasteiger partial charge is 0.272 e. The fraction of sp³-hybridized carbons (Fsp3) is 0.800. The molecule has 0 bridgehead atoms. The van der Waals surface area contributed by atoms with E-state index >= 15 is 0 Å². The van der Waals surface area contributed by atoms with Crippen molar-refractivity contribution in [2.45, 2.75) is 13.3 Å². The van der Waals surface area contributed by atoms with E-state index in [2.05, 4.69) is 15.2 Å². The summed E-state index contributed by atoms with van der Waals surface area (Å²) >= 11 is 0. The summed E-state index contributed by atoms with van der Waals surface area (Å²) < 4.78 is 0. The zero-order valence-corrected chi connectivity index (χ0v) is 5.55. The van der Waals surface area contributed by atoms with E-state index in [0.717, 1.165) is 12.3 Å². The van der Waals surface area contributed by atoms with Gasteiger partial charge in [0, 0.05) is 20.5 Å². The minimum Gasteiger partial charge on any atom is -0.272 e. The predicted molar refractivity (Wildman–Crippen MR) is 34.4 cm³/mol. The van der Waals surface area contributed by atoms with Crippen molar-refractivity contribution in [1.29, 1.82) is 0 Å². The topological polar surface area (TPSA) is 37.1 Å². The minimum atomic E-state index is 0.799. The van der Waals surface area contributed by atoms with Crippen LogP contribution < -0.4 is 0 Å². The summed E-state index contributed by atoms with van der Waals surface area (Å²) in [5.74, 6) is 0.799. The molecule has 0 rings (SSSR count). The zero-order chi connectivity index (χ0) is 6.41. The Bertz CT molecular complexity index is 101. The van der Waals surface area contributed by atoms with Gasteiger partial charge in [0.2, 0.25) is 0 Å². The van der Waals surface area contributed by atoms with Crippen molar-refractivity contribution >= 4 is 5.84 Å². The first-order chi connectivity index (χ1) is 3.85. The van der Waals surface area contributed by atoms with Crippen molar-refractivity contribution in [2.75, 3.05) is 14.1 Å². The van der Waals surface area contributed by atoms with Gasteiger partial charge < -0.3 is 0 Å². The lowest BCUT2D eigenvalue weighted by Gasteiger charge is -1.86. The van der Waals surface area contributed by atoms with E-state index in [1.807, 2.05) is 6.92 Å². The third-order valence-electron chi connectivity index (χ3n) is 0.790. The lowest BCUT2D eigenvalue weighted by atomic mass is 10.5. The molecule has 8 heavy (non-hydrogen) atoms. The molecule has 3 nitrogen and oxygen atoms in total. The Balaban J connectivity index is 3.72. The molecule has 0 fully saturated rings. The van der Waals surface area contributed by atoms with Gasteiger partial charge >= 0.3 is 0 Å². The van der Waals surface area contributed by atoms with Crippen molar-refractivity contribution in [3.8, 4) is 0 Å². The summed E-state index contributed by atoms with van der Waals surface area (Å²) in [5.41, 5.74) is 0. The van der Waals surface area contributed by atoms with Gasteiger partial charge in [-0.2, -0.15) is 5.11 Å². The molecule has 0 atom stereocenters. The summed E-state index contributed by atoms with van der Waals surface area (Å²) in [6, 6.07) is 0. The van der Waals surface area contributed by atoms with Crippen LogP contribution in [-0.4, -0.2) is 19.9 Å². The van der Waals surface area contributed by atoms with Gasteiger partial charge in [-0.05, 0) is 0 Å². The van der Waals surface area contributed by atoms with Crippen LogP contribution in [0.2, 0.25) is 0 Å². The van der Waals surface area contributed by atoms with Gasteiger partial charge in [0.05, 0.1) is 0 Å². The number of azo groups is 1. The first-order valence-electron chi connectivity index (χ1n) is 2.60. The van der Waals surface area contributed by atoms with Gasteiger partial charge in [0.15, 0.2) is 0 Å². The molecule has 0 spiro atoms. The average Bonchev–Trinajstić information content (AvgIpc) is 1.83. The SMILES string of the molecule is CCC(N=NC)=NC. The van der Waals surface area contributed by atoms with E-state index < -0.39 is 0 Å². The molecule has 46 valence electrons. The third kappa shape index (κ3) is 2.44. The molecule has 0 aliphatic carbocycles. The Labute approximate surface area is 49.5 Å². The monoisotopic (exact) mass is 113 g/mol. The second-order valence-electron chi connectivity index (χ2n) is 1.29. The Morgan fingerprint density at radius 1 is 1.38 bits per heavy atom. The maximum absolute atomic E-state index is 3.85. The van der Waals surface area contributed by atoms with Crippen LogP contribution in [0.4, 0.5) is 0 Å². The van der Waals surface area contributed by atoms with Crippen LogP contribution in [0.5, 0.6) is 0 Å². The lowest BCUT2D eigenvalue weighted by molar-refractivity contribution is 1.12. The normalized spacial score (nSPS) is 13.1. The zero-order valence-electron chi connectivity index (χ0n) is 5.55. The molecule has 0 heterocycles. The molecule has 0 aromatic carbocycles. The maximum atomic E-state index is 3.85. The number of aliphatic imine (C=N–C) groups is 1.